The average molecular weight is 238 g/mol. The molecular formula is C13H18O2S. The number of aliphatic hydroxyl groups is 1. The van der Waals surface area contributed by atoms with E-state index in [1.54, 1.807) is 11.3 Å². The van der Waals surface area contributed by atoms with Crippen molar-refractivity contribution in [3.05, 3.63) is 21.9 Å². The Hall–Kier alpha value is -0.670. The van der Waals surface area contributed by atoms with E-state index >= 15 is 0 Å². The first-order valence-electron chi connectivity index (χ1n) is 5.82. The number of carbonyl (C=O) groups excluding carboxylic acids is 1. The van der Waals surface area contributed by atoms with Crippen molar-refractivity contribution in [2.45, 2.75) is 45.6 Å². The highest BCUT2D eigenvalue weighted by molar-refractivity contribution is 7.12. The second-order valence-electron chi connectivity index (χ2n) is 4.90. The minimum absolute atomic E-state index is 0.220. The maximum Gasteiger partial charge on any atom is 0.141 e. The summed E-state index contributed by atoms with van der Waals surface area (Å²) >= 11 is 1.59. The molecule has 88 valence electrons. The van der Waals surface area contributed by atoms with Crippen LogP contribution in [-0.2, 0) is 4.79 Å². The summed E-state index contributed by atoms with van der Waals surface area (Å²) in [5, 5.41) is 10.4. The number of ketones is 1. The molecule has 0 radical (unpaired) electrons. The van der Waals surface area contributed by atoms with Crippen molar-refractivity contribution in [2.75, 3.05) is 0 Å². The van der Waals surface area contributed by atoms with Gasteiger partial charge in [0.2, 0.25) is 0 Å². The monoisotopic (exact) mass is 238 g/mol. The summed E-state index contributed by atoms with van der Waals surface area (Å²) in [6.45, 7) is 3.93. The number of hydrogen-bond acceptors (Lipinski definition) is 3. The highest BCUT2D eigenvalue weighted by atomic mass is 32.1. The maximum atomic E-state index is 12.0. The molecule has 2 rings (SSSR count). The largest absolute Gasteiger partial charge is 0.387 e. The summed E-state index contributed by atoms with van der Waals surface area (Å²) in [5.74, 6) is 0.220. The van der Waals surface area contributed by atoms with Crippen LogP contribution in [0.3, 0.4) is 0 Å². The summed E-state index contributed by atoms with van der Waals surface area (Å²) in [5.41, 5.74) is -0.560. The van der Waals surface area contributed by atoms with Crippen molar-refractivity contribution in [1.82, 2.24) is 0 Å². The Bertz CT molecular complexity index is 396. The van der Waals surface area contributed by atoms with Gasteiger partial charge in [0, 0.05) is 16.2 Å². The fourth-order valence-corrected chi connectivity index (χ4v) is 3.42. The van der Waals surface area contributed by atoms with Gasteiger partial charge in [0.1, 0.15) is 11.9 Å². The van der Waals surface area contributed by atoms with Gasteiger partial charge in [0.05, 0.1) is 5.41 Å². The summed E-state index contributed by atoms with van der Waals surface area (Å²) < 4.78 is 0. The van der Waals surface area contributed by atoms with E-state index in [0.717, 1.165) is 24.1 Å². The van der Waals surface area contributed by atoms with Crippen molar-refractivity contribution in [1.29, 1.82) is 0 Å². The Kier molecular flexibility index (Phi) is 3.17. The Morgan fingerprint density at radius 2 is 2.19 bits per heavy atom. The number of thiophene rings is 1. The quantitative estimate of drug-likeness (QED) is 0.858. The normalized spacial score (nSPS) is 28.1. The number of hydrogen-bond donors (Lipinski definition) is 1. The molecule has 0 saturated heterocycles. The molecule has 1 fully saturated rings. The molecule has 0 bridgehead atoms. The first kappa shape index (κ1) is 11.8. The number of Topliss-reactive ketones (excluding diaryl/α,β-unsaturated/α-hetero) is 1. The molecule has 1 N–H and O–H groups in total. The SMILES string of the molecule is Cc1ccc([C@H](O)[C@]2(C)CCCCC2=O)s1. The average Bonchev–Trinajstić information content (AvgIpc) is 2.68. The number of carbonyl (C=O) groups is 1. The van der Waals surface area contributed by atoms with Crippen LogP contribution in [0.15, 0.2) is 12.1 Å². The second kappa shape index (κ2) is 4.30. The van der Waals surface area contributed by atoms with Gasteiger partial charge < -0.3 is 5.11 Å². The van der Waals surface area contributed by atoms with Crippen molar-refractivity contribution >= 4 is 17.1 Å². The van der Waals surface area contributed by atoms with Crippen LogP contribution < -0.4 is 0 Å². The first-order chi connectivity index (χ1) is 7.54. The van der Waals surface area contributed by atoms with E-state index in [4.69, 9.17) is 0 Å². The van der Waals surface area contributed by atoms with Crippen LogP contribution in [0, 0.1) is 12.3 Å². The Morgan fingerprint density at radius 1 is 1.44 bits per heavy atom. The summed E-state index contributed by atoms with van der Waals surface area (Å²) in [4.78, 5) is 14.1. The van der Waals surface area contributed by atoms with Gasteiger partial charge in [-0.1, -0.05) is 6.42 Å². The van der Waals surface area contributed by atoms with E-state index in [0.29, 0.717) is 6.42 Å². The molecule has 0 aliphatic heterocycles. The van der Waals surface area contributed by atoms with Crippen LogP contribution in [0.4, 0.5) is 0 Å². The van der Waals surface area contributed by atoms with Crippen molar-refractivity contribution in [2.24, 2.45) is 5.41 Å². The molecule has 2 atom stereocenters. The van der Waals surface area contributed by atoms with Gasteiger partial charge in [-0.25, -0.2) is 0 Å². The zero-order valence-electron chi connectivity index (χ0n) is 9.82. The van der Waals surface area contributed by atoms with Gasteiger partial charge in [0.25, 0.3) is 0 Å². The molecule has 2 nitrogen and oxygen atoms in total. The third-order valence-electron chi connectivity index (χ3n) is 3.62. The molecule has 3 heteroatoms. The standard InChI is InChI=1S/C13H18O2S/c1-9-6-7-10(16-9)12(15)13(2)8-4-3-5-11(13)14/h6-7,12,15H,3-5,8H2,1-2H3/t12-,13+/m0/s1. The maximum absolute atomic E-state index is 12.0. The topological polar surface area (TPSA) is 37.3 Å². The van der Waals surface area contributed by atoms with Crippen LogP contribution in [0.25, 0.3) is 0 Å². The molecule has 1 saturated carbocycles. The molecule has 1 aliphatic rings. The molecule has 0 aromatic carbocycles. The van der Waals surface area contributed by atoms with E-state index in [1.807, 2.05) is 26.0 Å². The van der Waals surface area contributed by atoms with Gasteiger partial charge in [-0.3, -0.25) is 4.79 Å². The summed E-state index contributed by atoms with van der Waals surface area (Å²) in [7, 11) is 0. The Balaban J connectivity index is 2.25. The predicted molar refractivity (Wildman–Crippen MR) is 65.6 cm³/mol. The zero-order chi connectivity index (χ0) is 11.8. The molecule has 1 aromatic rings. The molecule has 1 aliphatic carbocycles. The van der Waals surface area contributed by atoms with Crippen molar-refractivity contribution < 1.29 is 9.90 Å². The lowest BCUT2D eigenvalue weighted by atomic mass is 9.70. The molecule has 0 amide bonds. The van der Waals surface area contributed by atoms with Crippen LogP contribution in [-0.4, -0.2) is 10.9 Å². The zero-order valence-corrected chi connectivity index (χ0v) is 10.6. The lowest BCUT2D eigenvalue weighted by Gasteiger charge is -2.35. The van der Waals surface area contributed by atoms with E-state index < -0.39 is 11.5 Å². The molecule has 16 heavy (non-hydrogen) atoms. The molecule has 0 spiro atoms. The fraction of sp³-hybridized carbons (Fsp3) is 0.615. The van der Waals surface area contributed by atoms with E-state index in [-0.39, 0.29) is 5.78 Å². The Morgan fingerprint density at radius 3 is 2.75 bits per heavy atom. The highest BCUT2D eigenvalue weighted by Gasteiger charge is 2.42. The van der Waals surface area contributed by atoms with Gasteiger partial charge in [-0.2, -0.15) is 0 Å². The second-order valence-corrected chi connectivity index (χ2v) is 6.22. The first-order valence-corrected chi connectivity index (χ1v) is 6.63. The van der Waals surface area contributed by atoms with E-state index in [9.17, 15) is 9.90 Å². The lowest BCUT2D eigenvalue weighted by Crippen LogP contribution is -2.36. The van der Waals surface area contributed by atoms with Gasteiger partial charge in [-0.15, -0.1) is 11.3 Å². The predicted octanol–water partition coefficient (Wildman–Crippen LogP) is 3.24. The molecule has 1 heterocycles. The van der Waals surface area contributed by atoms with Crippen LogP contribution in [0.5, 0.6) is 0 Å². The smallest absolute Gasteiger partial charge is 0.141 e. The van der Waals surface area contributed by atoms with E-state index in [1.165, 1.54) is 4.88 Å². The highest BCUT2D eigenvalue weighted by Crippen LogP contribution is 2.44. The van der Waals surface area contributed by atoms with Crippen LogP contribution >= 0.6 is 11.3 Å². The fourth-order valence-electron chi connectivity index (χ4n) is 2.41. The Labute approximate surface area is 100 Å². The van der Waals surface area contributed by atoms with Crippen LogP contribution in [0.1, 0.15) is 48.5 Å². The molecule has 1 aromatic heterocycles. The van der Waals surface area contributed by atoms with Gasteiger partial charge in [0.15, 0.2) is 0 Å². The number of aryl methyl sites for hydroxylation is 1. The third-order valence-corrected chi connectivity index (χ3v) is 4.67. The third kappa shape index (κ3) is 1.94. The number of aliphatic hydroxyl groups excluding tert-OH is 1. The minimum atomic E-state index is -0.626. The number of rotatable bonds is 2. The minimum Gasteiger partial charge on any atom is -0.387 e. The summed E-state index contributed by atoms with van der Waals surface area (Å²) in [6.07, 6.45) is 2.83. The lowest BCUT2D eigenvalue weighted by molar-refractivity contribution is -0.137. The van der Waals surface area contributed by atoms with Crippen molar-refractivity contribution in [3.63, 3.8) is 0 Å². The molecular weight excluding hydrogens is 220 g/mol. The van der Waals surface area contributed by atoms with Gasteiger partial charge in [-0.05, 0) is 38.8 Å². The van der Waals surface area contributed by atoms with Crippen molar-refractivity contribution in [3.8, 4) is 0 Å². The van der Waals surface area contributed by atoms with E-state index in [2.05, 4.69) is 0 Å². The van der Waals surface area contributed by atoms with Gasteiger partial charge >= 0.3 is 0 Å². The van der Waals surface area contributed by atoms with Crippen LogP contribution in [0.2, 0.25) is 0 Å². The molecule has 0 unspecified atom stereocenters. The summed E-state index contributed by atoms with van der Waals surface area (Å²) in [6, 6.07) is 3.94.